The SMILES string of the molecule is CC(C)COC(=O)C1CCC(CN)CC1. The molecule has 1 aliphatic carbocycles. The molecule has 0 heterocycles. The van der Waals surface area contributed by atoms with Crippen molar-refractivity contribution >= 4 is 5.97 Å². The predicted molar refractivity (Wildman–Crippen MR) is 60.3 cm³/mol. The number of ether oxygens (including phenoxy) is 1. The van der Waals surface area contributed by atoms with Crippen molar-refractivity contribution in [2.75, 3.05) is 13.2 Å². The monoisotopic (exact) mass is 213 g/mol. The number of carbonyl (C=O) groups excluding carboxylic acids is 1. The Morgan fingerprint density at radius 2 is 1.93 bits per heavy atom. The van der Waals surface area contributed by atoms with E-state index in [0.29, 0.717) is 18.4 Å². The summed E-state index contributed by atoms with van der Waals surface area (Å²) in [5.41, 5.74) is 5.61. The standard InChI is InChI=1S/C12H23NO2/c1-9(2)8-15-12(14)11-5-3-10(7-13)4-6-11/h9-11H,3-8,13H2,1-2H3. The molecular weight excluding hydrogens is 190 g/mol. The van der Waals surface area contributed by atoms with Gasteiger partial charge in [0.2, 0.25) is 0 Å². The number of rotatable bonds is 4. The lowest BCUT2D eigenvalue weighted by atomic mass is 9.82. The molecule has 2 N–H and O–H groups in total. The Kier molecular flexibility index (Phi) is 5.09. The van der Waals surface area contributed by atoms with Crippen LogP contribution in [0.4, 0.5) is 0 Å². The maximum atomic E-state index is 11.6. The quantitative estimate of drug-likeness (QED) is 0.726. The zero-order chi connectivity index (χ0) is 11.3. The van der Waals surface area contributed by atoms with Gasteiger partial charge in [-0.2, -0.15) is 0 Å². The Labute approximate surface area is 92.4 Å². The average molecular weight is 213 g/mol. The molecule has 0 atom stereocenters. The molecule has 0 spiro atoms. The molecule has 1 rings (SSSR count). The second-order valence-corrected chi connectivity index (χ2v) is 4.98. The number of esters is 1. The Balaban J connectivity index is 2.24. The van der Waals surface area contributed by atoms with E-state index in [9.17, 15) is 4.79 Å². The van der Waals surface area contributed by atoms with Crippen molar-refractivity contribution < 1.29 is 9.53 Å². The Morgan fingerprint density at radius 1 is 1.33 bits per heavy atom. The maximum absolute atomic E-state index is 11.6. The Bertz CT molecular complexity index is 196. The molecule has 15 heavy (non-hydrogen) atoms. The van der Waals surface area contributed by atoms with Gasteiger partial charge in [-0.25, -0.2) is 0 Å². The number of hydrogen-bond acceptors (Lipinski definition) is 3. The van der Waals surface area contributed by atoms with E-state index in [1.165, 1.54) is 0 Å². The van der Waals surface area contributed by atoms with Gasteiger partial charge in [0.05, 0.1) is 12.5 Å². The van der Waals surface area contributed by atoms with Gasteiger partial charge in [-0.15, -0.1) is 0 Å². The van der Waals surface area contributed by atoms with Crippen molar-refractivity contribution in [2.45, 2.75) is 39.5 Å². The third-order valence-electron chi connectivity index (χ3n) is 3.07. The molecular formula is C12H23NO2. The zero-order valence-corrected chi connectivity index (χ0v) is 9.87. The van der Waals surface area contributed by atoms with E-state index < -0.39 is 0 Å². The third kappa shape index (κ3) is 4.20. The van der Waals surface area contributed by atoms with Crippen molar-refractivity contribution in [3.8, 4) is 0 Å². The highest BCUT2D eigenvalue weighted by molar-refractivity contribution is 5.72. The second kappa shape index (κ2) is 6.11. The third-order valence-corrected chi connectivity index (χ3v) is 3.07. The molecule has 0 aliphatic heterocycles. The largest absolute Gasteiger partial charge is 0.465 e. The summed E-state index contributed by atoms with van der Waals surface area (Å²) in [5, 5.41) is 0. The highest BCUT2D eigenvalue weighted by atomic mass is 16.5. The molecule has 0 aromatic heterocycles. The Morgan fingerprint density at radius 3 is 2.40 bits per heavy atom. The van der Waals surface area contributed by atoms with Crippen molar-refractivity contribution in [1.82, 2.24) is 0 Å². The van der Waals surface area contributed by atoms with Crippen LogP contribution in [0.5, 0.6) is 0 Å². The first-order chi connectivity index (χ1) is 7.13. The molecule has 3 nitrogen and oxygen atoms in total. The molecule has 1 saturated carbocycles. The molecule has 1 aliphatic rings. The summed E-state index contributed by atoms with van der Waals surface area (Å²) in [5.74, 6) is 1.18. The molecule has 0 bridgehead atoms. The van der Waals surface area contributed by atoms with Crippen LogP contribution in [0.2, 0.25) is 0 Å². The summed E-state index contributed by atoms with van der Waals surface area (Å²) >= 11 is 0. The van der Waals surface area contributed by atoms with Crippen LogP contribution < -0.4 is 5.73 Å². The van der Waals surface area contributed by atoms with Crippen LogP contribution in [0.1, 0.15) is 39.5 Å². The number of nitrogens with two attached hydrogens (primary N) is 1. The van der Waals surface area contributed by atoms with E-state index in [1.54, 1.807) is 0 Å². The van der Waals surface area contributed by atoms with Crippen LogP contribution in [-0.2, 0) is 9.53 Å². The van der Waals surface area contributed by atoms with Gasteiger partial charge in [-0.1, -0.05) is 13.8 Å². The smallest absolute Gasteiger partial charge is 0.308 e. The maximum Gasteiger partial charge on any atom is 0.308 e. The normalized spacial score (nSPS) is 26.7. The highest BCUT2D eigenvalue weighted by Gasteiger charge is 2.26. The van der Waals surface area contributed by atoms with Crippen LogP contribution in [0.25, 0.3) is 0 Å². The van der Waals surface area contributed by atoms with Crippen molar-refractivity contribution in [1.29, 1.82) is 0 Å². The van der Waals surface area contributed by atoms with Gasteiger partial charge in [0.1, 0.15) is 0 Å². The average Bonchev–Trinajstić information content (AvgIpc) is 2.26. The van der Waals surface area contributed by atoms with Gasteiger partial charge in [0.15, 0.2) is 0 Å². The minimum atomic E-state index is -0.000767. The second-order valence-electron chi connectivity index (χ2n) is 4.98. The molecule has 0 radical (unpaired) electrons. The minimum Gasteiger partial charge on any atom is -0.465 e. The molecule has 88 valence electrons. The van der Waals surface area contributed by atoms with Crippen LogP contribution in [0, 0.1) is 17.8 Å². The fraction of sp³-hybridized carbons (Fsp3) is 0.917. The van der Waals surface area contributed by atoms with Crippen molar-refractivity contribution in [2.24, 2.45) is 23.5 Å². The highest BCUT2D eigenvalue weighted by Crippen LogP contribution is 2.28. The van der Waals surface area contributed by atoms with E-state index in [1.807, 2.05) is 0 Å². The van der Waals surface area contributed by atoms with Gasteiger partial charge < -0.3 is 10.5 Å². The van der Waals surface area contributed by atoms with Gasteiger partial charge in [0, 0.05) is 0 Å². The van der Waals surface area contributed by atoms with Gasteiger partial charge in [0.25, 0.3) is 0 Å². The van der Waals surface area contributed by atoms with Gasteiger partial charge in [-0.3, -0.25) is 4.79 Å². The van der Waals surface area contributed by atoms with Crippen molar-refractivity contribution in [3.05, 3.63) is 0 Å². The van der Waals surface area contributed by atoms with Crippen LogP contribution >= 0.6 is 0 Å². The molecule has 0 saturated heterocycles. The lowest BCUT2D eigenvalue weighted by Crippen LogP contribution is -2.27. The van der Waals surface area contributed by atoms with E-state index >= 15 is 0 Å². The fourth-order valence-corrected chi connectivity index (χ4v) is 2.00. The first kappa shape index (κ1) is 12.5. The molecule has 0 aromatic rings. The summed E-state index contributed by atoms with van der Waals surface area (Å²) in [6, 6.07) is 0. The van der Waals surface area contributed by atoms with Gasteiger partial charge in [-0.05, 0) is 44.1 Å². The predicted octanol–water partition coefficient (Wildman–Crippen LogP) is 1.95. The van der Waals surface area contributed by atoms with E-state index in [4.69, 9.17) is 10.5 Å². The summed E-state index contributed by atoms with van der Waals surface area (Å²) in [6.45, 7) is 5.42. The van der Waals surface area contributed by atoms with E-state index in [0.717, 1.165) is 32.2 Å². The van der Waals surface area contributed by atoms with E-state index in [-0.39, 0.29) is 11.9 Å². The molecule has 1 fully saturated rings. The summed E-state index contributed by atoms with van der Waals surface area (Å²) in [7, 11) is 0. The van der Waals surface area contributed by atoms with Gasteiger partial charge >= 0.3 is 5.97 Å². The lowest BCUT2D eigenvalue weighted by molar-refractivity contribution is -0.151. The zero-order valence-electron chi connectivity index (χ0n) is 9.87. The summed E-state index contributed by atoms with van der Waals surface area (Å²) in [6.07, 6.45) is 4.08. The minimum absolute atomic E-state index is 0.000767. The fourth-order valence-electron chi connectivity index (χ4n) is 2.00. The first-order valence-corrected chi connectivity index (χ1v) is 6.00. The summed E-state index contributed by atoms with van der Waals surface area (Å²) in [4.78, 5) is 11.6. The van der Waals surface area contributed by atoms with Crippen molar-refractivity contribution in [3.63, 3.8) is 0 Å². The topological polar surface area (TPSA) is 52.3 Å². The van der Waals surface area contributed by atoms with Crippen LogP contribution in [0.3, 0.4) is 0 Å². The Hall–Kier alpha value is -0.570. The van der Waals surface area contributed by atoms with Crippen LogP contribution in [-0.4, -0.2) is 19.1 Å². The lowest BCUT2D eigenvalue weighted by Gasteiger charge is -2.26. The number of carbonyl (C=O) groups is 1. The number of hydrogen-bond donors (Lipinski definition) is 1. The van der Waals surface area contributed by atoms with E-state index in [2.05, 4.69) is 13.8 Å². The molecule has 0 unspecified atom stereocenters. The summed E-state index contributed by atoms with van der Waals surface area (Å²) < 4.78 is 5.24. The molecule has 3 heteroatoms. The van der Waals surface area contributed by atoms with Crippen LogP contribution in [0.15, 0.2) is 0 Å². The molecule has 0 aromatic carbocycles. The molecule has 0 amide bonds. The first-order valence-electron chi connectivity index (χ1n) is 6.00.